The van der Waals surface area contributed by atoms with Crippen molar-refractivity contribution in [2.24, 2.45) is 0 Å². The summed E-state index contributed by atoms with van der Waals surface area (Å²) in [4.78, 5) is 0. The SMILES string of the molecule is Fc1ccc(-n2c(C3CC3)n[nH]c2=S)cc1Br. The van der Waals surface area contributed by atoms with Crippen molar-refractivity contribution >= 4 is 28.1 Å². The molecule has 0 saturated heterocycles. The first kappa shape index (κ1) is 11.1. The van der Waals surface area contributed by atoms with Crippen LogP contribution in [0.5, 0.6) is 0 Å². The van der Waals surface area contributed by atoms with Crippen molar-refractivity contribution in [1.29, 1.82) is 0 Å². The molecule has 1 N–H and O–H groups in total. The van der Waals surface area contributed by atoms with Crippen LogP contribution in [0.2, 0.25) is 0 Å². The van der Waals surface area contributed by atoms with Gasteiger partial charge in [0.1, 0.15) is 11.6 Å². The van der Waals surface area contributed by atoms with Gasteiger partial charge in [0.05, 0.1) is 10.2 Å². The van der Waals surface area contributed by atoms with Crippen molar-refractivity contribution in [2.45, 2.75) is 18.8 Å². The molecule has 88 valence electrons. The molecular weight excluding hydrogens is 305 g/mol. The summed E-state index contributed by atoms with van der Waals surface area (Å²) in [5, 5.41) is 7.04. The summed E-state index contributed by atoms with van der Waals surface area (Å²) in [5.74, 6) is 1.14. The lowest BCUT2D eigenvalue weighted by Crippen LogP contribution is -2.00. The molecule has 17 heavy (non-hydrogen) atoms. The van der Waals surface area contributed by atoms with Crippen LogP contribution in [-0.4, -0.2) is 14.8 Å². The molecule has 0 spiro atoms. The van der Waals surface area contributed by atoms with Gasteiger partial charge in [0.2, 0.25) is 0 Å². The number of hydrogen-bond donors (Lipinski definition) is 1. The van der Waals surface area contributed by atoms with Crippen molar-refractivity contribution in [1.82, 2.24) is 14.8 Å². The first-order valence-electron chi connectivity index (χ1n) is 5.29. The molecule has 1 fully saturated rings. The second kappa shape index (κ2) is 4.03. The highest BCUT2D eigenvalue weighted by atomic mass is 79.9. The van der Waals surface area contributed by atoms with E-state index in [2.05, 4.69) is 26.1 Å². The first-order valence-corrected chi connectivity index (χ1v) is 6.49. The molecule has 3 nitrogen and oxygen atoms in total. The smallest absolute Gasteiger partial charge is 0.199 e. The van der Waals surface area contributed by atoms with Crippen molar-refractivity contribution in [2.75, 3.05) is 0 Å². The van der Waals surface area contributed by atoms with Crippen molar-refractivity contribution < 1.29 is 4.39 Å². The van der Waals surface area contributed by atoms with Crippen molar-refractivity contribution in [3.05, 3.63) is 39.1 Å². The van der Waals surface area contributed by atoms with Crippen LogP contribution in [0.3, 0.4) is 0 Å². The maximum absolute atomic E-state index is 13.2. The Bertz CT molecular complexity index is 630. The van der Waals surface area contributed by atoms with Gasteiger partial charge in [0.15, 0.2) is 4.77 Å². The third-order valence-electron chi connectivity index (χ3n) is 2.80. The molecule has 1 saturated carbocycles. The van der Waals surface area contributed by atoms with Gasteiger partial charge in [-0.05, 0) is 59.2 Å². The third-order valence-corrected chi connectivity index (χ3v) is 3.68. The molecule has 0 radical (unpaired) electrons. The van der Waals surface area contributed by atoms with E-state index in [0.717, 1.165) is 24.4 Å². The zero-order valence-corrected chi connectivity index (χ0v) is 11.2. The Morgan fingerprint density at radius 3 is 2.88 bits per heavy atom. The molecule has 0 aliphatic heterocycles. The van der Waals surface area contributed by atoms with Crippen LogP contribution in [0.15, 0.2) is 22.7 Å². The van der Waals surface area contributed by atoms with Crippen LogP contribution < -0.4 is 0 Å². The molecule has 6 heteroatoms. The van der Waals surface area contributed by atoms with Gasteiger partial charge >= 0.3 is 0 Å². The lowest BCUT2D eigenvalue weighted by Gasteiger charge is -2.06. The molecule has 0 bridgehead atoms. The monoisotopic (exact) mass is 313 g/mol. The minimum absolute atomic E-state index is 0.281. The Kier molecular flexibility index (Phi) is 2.63. The van der Waals surface area contributed by atoms with Crippen LogP contribution in [0.1, 0.15) is 24.6 Å². The number of benzene rings is 1. The van der Waals surface area contributed by atoms with E-state index in [0.29, 0.717) is 15.2 Å². The summed E-state index contributed by atoms with van der Waals surface area (Å²) < 4.78 is 16.1. The fourth-order valence-electron chi connectivity index (χ4n) is 1.80. The van der Waals surface area contributed by atoms with E-state index in [1.54, 1.807) is 12.1 Å². The van der Waals surface area contributed by atoms with E-state index in [1.807, 2.05) is 4.57 Å². The fourth-order valence-corrected chi connectivity index (χ4v) is 2.41. The van der Waals surface area contributed by atoms with Crippen LogP contribution in [-0.2, 0) is 0 Å². The summed E-state index contributed by atoms with van der Waals surface area (Å²) in [6.45, 7) is 0. The Hall–Kier alpha value is -1.01. The molecule has 0 atom stereocenters. The Labute approximate surface area is 111 Å². The minimum Gasteiger partial charge on any atom is -0.272 e. The second-order valence-corrected chi connectivity index (χ2v) is 5.34. The number of hydrogen-bond acceptors (Lipinski definition) is 2. The zero-order valence-electron chi connectivity index (χ0n) is 8.78. The van der Waals surface area contributed by atoms with Gasteiger partial charge < -0.3 is 0 Å². The summed E-state index contributed by atoms with van der Waals surface area (Å²) in [6, 6.07) is 4.84. The average Bonchev–Trinajstić information content (AvgIpc) is 3.07. The second-order valence-electron chi connectivity index (χ2n) is 4.10. The van der Waals surface area contributed by atoms with E-state index in [1.165, 1.54) is 6.07 Å². The molecule has 1 aromatic carbocycles. The quantitative estimate of drug-likeness (QED) is 0.857. The Balaban J connectivity index is 2.17. The number of rotatable bonds is 2. The maximum Gasteiger partial charge on any atom is 0.199 e. The van der Waals surface area contributed by atoms with E-state index >= 15 is 0 Å². The molecule has 1 aromatic heterocycles. The number of nitrogens with one attached hydrogen (secondary N) is 1. The highest BCUT2D eigenvalue weighted by molar-refractivity contribution is 9.10. The minimum atomic E-state index is -0.281. The summed E-state index contributed by atoms with van der Waals surface area (Å²) in [7, 11) is 0. The van der Waals surface area contributed by atoms with Crippen LogP contribution >= 0.6 is 28.1 Å². The molecule has 0 unspecified atom stereocenters. The number of nitrogens with zero attached hydrogens (tertiary/aromatic N) is 2. The van der Waals surface area contributed by atoms with Gasteiger partial charge in [-0.15, -0.1) is 0 Å². The van der Waals surface area contributed by atoms with Gasteiger partial charge in [-0.2, -0.15) is 5.10 Å². The third kappa shape index (κ3) is 1.95. The lowest BCUT2D eigenvalue weighted by atomic mass is 10.3. The first-order chi connectivity index (χ1) is 8.16. The Morgan fingerprint density at radius 1 is 1.47 bits per heavy atom. The van der Waals surface area contributed by atoms with E-state index in [4.69, 9.17) is 12.2 Å². The number of aromatic amines is 1. The van der Waals surface area contributed by atoms with Gasteiger partial charge in [-0.25, -0.2) is 4.39 Å². The normalized spacial score (nSPS) is 15.2. The standard InChI is InChI=1S/C11H9BrFN3S/c12-8-5-7(3-4-9(8)13)16-10(6-1-2-6)14-15-11(16)17/h3-6H,1-2H2,(H,15,17). The lowest BCUT2D eigenvalue weighted by molar-refractivity contribution is 0.620. The molecule has 0 amide bonds. The number of halogens is 2. The van der Waals surface area contributed by atoms with Crippen LogP contribution in [0.25, 0.3) is 5.69 Å². The molecule has 1 heterocycles. The predicted octanol–water partition coefficient (Wildman–Crippen LogP) is 3.71. The summed E-state index contributed by atoms with van der Waals surface area (Å²) in [6.07, 6.45) is 2.28. The van der Waals surface area contributed by atoms with Gasteiger partial charge in [0, 0.05) is 5.92 Å². The highest BCUT2D eigenvalue weighted by Gasteiger charge is 2.29. The predicted molar refractivity (Wildman–Crippen MR) is 68.4 cm³/mol. The Morgan fingerprint density at radius 2 is 2.24 bits per heavy atom. The van der Waals surface area contributed by atoms with E-state index in [9.17, 15) is 4.39 Å². The molecule has 1 aliphatic rings. The fraction of sp³-hybridized carbons (Fsp3) is 0.273. The van der Waals surface area contributed by atoms with E-state index in [-0.39, 0.29) is 5.82 Å². The molecule has 1 aliphatic carbocycles. The van der Waals surface area contributed by atoms with Gasteiger partial charge in [0.25, 0.3) is 0 Å². The zero-order chi connectivity index (χ0) is 12.0. The van der Waals surface area contributed by atoms with Crippen molar-refractivity contribution in [3.8, 4) is 5.69 Å². The summed E-state index contributed by atoms with van der Waals surface area (Å²) >= 11 is 8.39. The molecule has 3 rings (SSSR count). The van der Waals surface area contributed by atoms with Gasteiger partial charge in [-0.3, -0.25) is 9.67 Å². The largest absolute Gasteiger partial charge is 0.272 e. The highest BCUT2D eigenvalue weighted by Crippen LogP contribution is 2.39. The average molecular weight is 314 g/mol. The molecular formula is C11H9BrFN3S. The number of aromatic nitrogens is 3. The van der Waals surface area contributed by atoms with Crippen LogP contribution in [0.4, 0.5) is 4.39 Å². The van der Waals surface area contributed by atoms with Gasteiger partial charge in [-0.1, -0.05) is 0 Å². The molecule has 2 aromatic rings. The summed E-state index contributed by atoms with van der Waals surface area (Å²) in [5.41, 5.74) is 0.832. The van der Waals surface area contributed by atoms with E-state index < -0.39 is 0 Å². The number of H-pyrrole nitrogens is 1. The maximum atomic E-state index is 13.2. The topological polar surface area (TPSA) is 33.6 Å². The van der Waals surface area contributed by atoms with Crippen molar-refractivity contribution in [3.63, 3.8) is 0 Å². The van der Waals surface area contributed by atoms with Crippen LogP contribution in [0, 0.1) is 10.6 Å².